The maximum atomic E-state index is 14.6. The normalized spacial score (nSPS) is 56.4. The molecule has 7 rings (SSSR count). The second-order valence-corrected chi connectivity index (χ2v) is 20.2. The zero-order chi connectivity index (χ0) is 41.8. The van der Waals surface area contributed by atoms with Crippen LogP contribution < -0.4 is 0 Å². The smallest absolute Gasteiger partial charge is 0.315 e. The van der Waals surface area contributed by atoms with Gasteiger partial charge in [-0.1, -0.05) is 46.3 Å². The van der Waals surface area contributed by atoms with Crippen molar-refractivity contribution in [3.8, 4) is 0 Å². The van der Waals surface area contributed by atoms with Gasteiger partial charge in [-0.15, -0.1) is 0 Å². The molecule has 0 unspecified atom stereocenters. The zero-order valence-electron chi connectivity index (χ0n) is 34.2. The van der Waals surface area contributed by atoms with Crippen molar-refractivity contribution in [2.24, 2.45) is 50.7 Å². The molecule has 2 aliphatic heterocycles. The standard InChI is InChI=1S/C42H68O15/c1-20-9-14-42(36(52)57-35-32(51)30(49)28(47)23(18-44)55-35)16-15-39(4)21(33(42)41(20,6)53)7-8-25-37(2)12-11-26(38(3,19-45)24(37)10-13-40(25,39)5)56-34-31(50)29(48)27(46)22(17-43)54-34/h7,20,22-35,43-51,53H,8-19H2,1-6H3/t20-,22-,23-,24+,25-,26+,27-,28-,29+,30+,31-,32-,33+,34+,35+,37+,38+,39-,40-,41-,42+/m1/s1. The van der Waals surface area contributed by atoms with Crippen LogP contribution in [0.4, 0.5) is 0 Å². The number of hydrogen-bond donors (Lipinski definition) is 10. The number of allylic oxidation sites excluding steroid dienone is 1. The average molecular weight is 813 g/mol. The van der Waals surface area contributed by atoms with Gasteiger partial charge in [-0.2, -0.15) is 0 Å². The number of rotatable bonds is 7. The van der Waals surface area contributed by atoms with Gasteiger partial charge in [0.2, 0.25) is 6.29 Å². The Balaban J connectivity index is 1.19. The molecule has 21 atom stereocenters. The van der Waals surface area contributed by atoms with E-state index in [1.807, 2.05) is 13.8 Å². The third kappa shape index (κ3) is 6.18. The van der Waals surface area contributed by atoms with Gasteiger partial charge in [-0.25, -0.2) is 0 Å². The molecule has 0 bridgehead atoms. The maximum absolute atomic E-state index is 14.6. The van der Waals surface area contributed by atoms with Gasteiger partial charge in [0.25, 0.3) is 0 Å². The van der Waals surface area contributed by atoms with E-state index in [1.54, 1.807) is 6.92 Å². The lowest BCUT2D eigenvalue weighted by Gasteiger charge is -2.72. The Kier molecular flexibility index (Phi) is 11.5. The topological polar surface area (TPSA) is 256 Å². The molecule has 5 aliphatic carbocycles. The molecule has 0 aromatic carbocycles. The molecule has 0 radical (unpaired) electrons. The van der Waals surface area contributed by atoms with E-state index in [0.29, 0.717) is 38.5 Å². The molecule has 57 heavy (non-hydrogen) atoms. The van der Waals surface area contributed by atoms with Crippen LogP contribution in [0.2, 0.25) is 0 Å². The van der Waals surface area contributed by atoms with E-state index in [1.165, 1.54) is 0 Å². The molecule has 0 spiro atoms. The molecule has 7 aliphatic rings. The van der Waals surface area contributed by atoms with Gasteiger partial charge in [-0.05, 0) is 98.7 Å². The van der Waals surface area contributed by atoms with E-state index >= 15 is 0 Å². The van der Waals surface area contributed by atoms with Crippen molar-refractivity contribution < 1.29 is 74.8 Å². The van der Waals surface area contributed by atoms with Crippen molar-refractivity contribution >= 4 is 5.97 Å². The molecule has 15 nitrogen and oxygen atoms in total. The Labute approximate surface area is 335 Å². The molecule has 10 N–H and O–H groups in total. The zero-order valence-corrected chi connectivity index (χ0v) is 34.2. The quantitative estimate of drug-likeness (QED) is 0.0940. The Hall–Kier alpha value is -1.31. The summed E-state index contributed by atoms with van der Waals surface area (Å²) >= 11 is 0. The molecule has 4 saturated carbocycles. The minimum Gasteiger partial charge on any atom is -0.432 e. The third-order valence-electron chi connectivity index (χ3n) is 17.8. The summed E-state index contributed by atoms with van der Waals surface area (Å²) in [5.41, 5.74) is -3.21. The summed E-state index contributed by atoms with van der Waals surface area (Å²) in [7, 11) is 0. The second-order valence-electron chi connectivity index (χ2n) is 20.2. The average Bonchev–Trinajstić information content (AvgIpc) is 3.17. The van der Waals surface area contributed by atoms with Crippen LogP contribution in [-0.4, -0.2) is 150 Å². The number of esters is 1. The van der Waals surface area contributed by atoms with E-state index in [0.717, 1.165) is 24.8 Å². The van der Waals surface area contributed by atoms with Gasteiger partial charge < -0.3 is 70.0 Å². The molecule has 6 fully saturated rings. The first-order valence-corrected chi connectivity index (χ1v) is 21.1. The summed E-state index contributed by atoms with van der Waals surface area (Å²) in [6, 6.07) is 0. The Morgan fingerprint density at radius 2 is 1.33 bits per heavy atom. The van der Waals surface area contributed by atoms with Crippen LogP contribution >= 0.6 is 0 Å². The van der Waals surface area contributed by atoms with Crippen LogP contribution in [0.1, 0.15) is 99.3 Å². The van der Waals surface area contributed by atoms with Crippen LogP contribution in [0.3, 0.4) is 0 Å². The fraction of sp³-hybridized carbons (Fsp3) is 0.929. The molecule has 0 aromatic rings. The van der Waals surface area contributed by atoms with Gasteiger partial charge in [-0.3, -0.25) is 4.79 Å². The van der Waals surface area contributed by atoms with E-state index in [-0.39, 0.29) is 35.2 Å². The van der Waals surface area contributed by atoms with Crippen molar-refractivity contribution in [2.45, 2.75) is 172 Å². The van der Waals surface area contributed by atoms with E-state index < -0.39 is 114 Å². The predicted molar refractivity (Wildman–Crippen MR) is 200 cm³/mol. The number of aliphatic hydroxyl groups is 10. The first-order chi connectivity index (χ1) is 26.6. The molecule has 326 valence electrons. The van der Waals surface area contributed by atoms with Crippen LogP contribution in [0.15, 0.2) is 11.6 Å². The number of carbonyl (C=O) groups is 1. The summed E-state index contributed by atoms with van der Waals surface area (Å²) in [4.78, 5) is 14.6. The molecule has 2 saturated heterocycles. The van der Waals surface area contributed by atoms with Crippen molar-refractivity contribution in [3.63, 3.8) is 0 Å². The lowest BCUT2D eigenvalue weighted by atomic mass is 9.33. The molecule has 2 heterocycles. The molecular formula is C42H68O15. The first-order valence-electron chi connectivity index (χ1n) is 21.1. The van der Waals surface area contributed by atoms with Crippen LogP contribution in [0.5, 0.6) is 0 Å². The van der Waals surface area contributed by atoms with Gasteiger partial charge in [0.05, 0.1) is 36.9 Å². The SMILES string of the molecule is C[C@@H]1CC[C@]2(C(=O)O[C@@H]3O[C@H](CO)[C@@H](O)[C@H](O)[C@H]3O)CC[C@]3(C)C(=CC[C@@H]4[C@@]5(C)CC[C@H](O[C@@H]6O[C@H](CO)[C@@H](O)[C@H](O)[C@H]6O)[C@@](C)(CO)[C@H]5CC[C@]43C)[C@H]2[C@]1(C)O. The lowest BCUT2D eigenvalue weighted by Crippen LogP contribution is -2.69. The molecule has 0 aromatic heterocycles. The summed E-state index contributed by atoms with van der Waals surface area (Å²) in [6.45, 7) is 11.3. The number of aliphatic hydroxyl groups excluding tert-OH is 9. The number of hydrogen-bond acceptors (Lipinski definition) is 15. The van der Waals surface area contributed by atoms with Crippen molar-refractivity contribution in [1.29, 1.82) is 0 Å². The van der Waals surface area contributed by atoms with Crippen molar-refractivity contribution in [2.75, 3.05) is 19.8 Å². The summed E-state index contributed by atoms with van der Waals surface area (Å²) < 4.78 is 23.7. The molecule has 15 heteroatoms. The van der Waals surface area contributed by atoms with Crippen molar-refractivity contribution in [1.82, 2.24) is 0 Å². The lowest BCUT2D eigenvalue weighted by molar-refractivity contribution is -0.333. The van der Waals surface area contributed by atoms with Crippen LogP contribution in [0, 0.1) is 50.7 Å². The van der Waals surface area contributed by atoms with E-state index in [4.69, 9.17) is 18.9 Å². The largest absolute Gasteiger partial charge is 0.432 e. The number of ether oxygens (including phenoxy) is 4. The number of carbonyl (C=O) groups excluding carboxylic acids is 1. The highest BCUT2D eigenvalue weighted by atomic mass is 16.7. The fourth-order valence-corrected chi connectivity index (χ4v) is 13.8. The minimum atomic E-state index is -1.75. The fourth-order valence-electron chi connectivity index (χ4n) is 13.8. The monoisotopic (exact) mass is 812 g/mol. The molecule has 0 amide bonds. The molecular weight excluding hydrogens is 744 g/mol. The van der Waals surface area contributed by atoms with Gasteiger partial charge in [0.1, 0.15) is 48.8 Å². The van der Waals surface area contributed by atoms with Gasteiger partial charge >= 0.3 is 5.97 Å². The van der Waals surface area contributed by atoms with Crippen LogP contribution in [0.25, 0.3) is 0 Å². The third-order valence-corrected chi connectivity index (χ3v) is 17.8. The van der Waals surface area contributed by atoms with Crippen molar-refractivity contribution in [3.05, 3.63) is 11.6 Å². The van der Waals surface area contributed by atoms with Crippen LogP contribution in [-0.2, 0) is 23.7 Å². The van der Waals surface area contributed by atoms with Gasteiger partial charge in [0.15, 0.2) is 6.29 Å². The highest BCUT2D eigenvalue weighted by Gasteiger charge is 2.72. The van der Waals surface area contributed by atoms with E-state index in [2.05, 4.69) is 26.8 Å². The first kappa shape index (κ1) is 43.8. The summed E-state index contributed by atoms with van der Waals surface area (Å²) in [6.07, 6.45) is -7.79. The highest BCUT2D eigenvalue weighted by molar-refractivity contribution is 5.79. The van der Waals surface area contributed by atoms with E-state index in [9.17, 15) is 55.9 Å². The highest BCUT2D eigenvalue weighted by Crippen LogP contribution is 2.76. The predicted octanol–water partition coefficient (Wildman–Crippen LogP) is 0.260. The Morgan fingerprint density at radius 1 is 0.737 bits per heavy atom. The summed E-state index contributed by atoms with van der Waals surface area (Å²) in [5.74, 6) is -1.28. The maximum Gasteiger partial charge on any atom is 0.315 e. The Morgan fingerprint density at radius 3 is 1.93 bits per heavy atom. The Bertz CT molecular complexity index is 1540. The minimum absolute atomic E-state index is 0.00994. The number of fused-ring (bicyclic) bond motifs is 7. The summed E-state index contributed by atoms with van der Waals surface area (Å²) in [5, 5.41) is 106. The second kappa shape index (κ2) is 14.9. The van der Waals surface area contributed by atoms with Gasteiger partial charge in [0, 0.05) is 11.3 Å².